The van der Waals surface area contributed by atoms with E-state index < -0.39 is 22.9 Å². The van der Waals surface area contributed by atoms with Crippen molar-refractivity contribution in [2.45, 2.75) is 71.0 Å². The van der Waals surface area contributed by atoms with Gasteiger partial charge in [-0.2, -0.15) is 0 Å². The summed E-state index contributed by atoms with van der Waals surface area (Å²) in [6, 6.07) is 7.15. The maximum Gasteiger partial charge on any atom is 0.338 e. The van der Waals surface area contributed by atoms with Crippen LogP contribution >= 0.6 is 15.9 Å². The smallest absolute Gasteiger partial charge is 0.338 e. The molecule has 0 amide bonds. The van der Waals surface area contributed by atoms with Crippen LogP contribution in [0.25, 0.3) is 0 Å². The van der Waals surface area contributed by atoms with Crippen LogP contribution in [-0.4, -0.2) is 34.4 Å². The largest absolute Gasteiger partial charge is 0.481 e. The molecule has 0 aromatic heterocycles. The molecule has 6 heteroatoms. The lowest BCUT2D eigenvalue weighted by Gasteiger charge is -2.64. The van der Waals surface area contributed by atoms with Crippen molar-refractivity contribution in [1.29, 1.82) is 0 Å². The number of benzene rings is 1. The van der Waals surface area contributed by atoms with Crippen molar-refractivity contribution in [3.05, 3.63) is 46.5 Å². The quantitative estimate of drug-likeness (QED) is 0.402. The summed E-state index contributed by atoms with van der Waals surface area (Å²) >= 11 is 3.40. The van der Waals surface area contributed by atoms with Gasteiger partial charge in [0.1, 0.15) is 6.10 Å². The predicted molar refractivity (Wildman–Crippen MR) is 128 cm³/mol. The number of carbonyl (C=O) groups excluding carboxylic acids is 1. The van der Waals surface area contributed by atoms with Gasteiger partial charge < -0.3 is 14.9 Å². The molecule has 2 N–H and O–H groups in total. The Kier molecular flexibility index (Phi) is 5.37. The topological polar surface area (TPSA) is 83.8 Å². The van der Waals surface area contributed by atoms with E-state index in [9.17, 15) is 19.8 Å². The van der Waals surface area contributed by atoms with E-state index in [0.717, 1.165) is 42.1 Å². The third-order valence-corrected chi connectivity index (χ3v) is 10.5. The average molecular weight is 517 g/mol. The Labute approximate surface area is 203 Å². The van der Waals surface area contributed by atoms with Crippen LogP contribution in [0.15, 0.2) is 40.9 Å². The van der Waals surface area contributed by atoms with Crippen molar-refractivity contribution in [2.24, 2.45) is 34.0 Å². The highest BCUT2D eigenvalue weighted by Gasteiger charge is 2.70. The van der Waals surface area contributed by atoms with Gasteiger partial charge >= 0.3 is 11.9 Å². The molecule has 0 heterocycles. The Balaban J connectivity index is 1.56. The SMILES string of the molecule is C=C1[C@@H]2C[C@H](OC(=O)c3ccc(Br)cc3)[C@H]3[C@]4(C)CCC[C@@](C)(C(=O)O)[C@H]4CC[C@]3(C2)[C@@H]1O. The van der Waals surface area contributed by atoms with Gasteiger partial charge in [-0.1, -0.05) is 35.9 Å². The van der Waals surface area contributed by atoms with Crippen LogP contribution in [0.4, 0.5) is 0 Å². The molecule has 0 aliphatic heterocycles. The molecule has 4 fully saturated rings. The number of aliphatic carboxylic acids is 1. The molecule has 1 spiro atoms. The number of carboxylic acids is 1. The van der Waals surface area contributed by atoms with Gasteiger partial charge in [0, 0.05) is 15.8 Å². The van der Waals surface area contributed by atoms with Gasteiger partial charge in [0.25, 0.3) is 0 Å². The summed E-state index contributed by atoms with van der Waals surface area (Å²) in [5, 5.41) is 21.6. The standard InChI is InChI=1S/C27H33BrO5/c1-15-17-13-19(33-23(30)16-5-7-18(28)8-6-16)21-25(2)10-4-11-26(3,24(31)32)20(25)9-12-27(21,14-17)22(15)29/h5-8,17,19-22,29H,1,4,9-14H2,2-3H3,(H,31,32)/t17-,19+,20+,21+,22-,25-,26-,27-/m1/s1. The van der Waals surface area contributed by atoms with E-state index in [0.29, 0.717) is 18.4 Å². The third kappa shape index (κ3) is 3.19. The zero-order chi connectivity index (χ0) is 23.8. The molecule has 33 heavy (non-hydrogen) atoms. The fourth-order valence-corrected chi connectivity index (χ4v) is 8.86. The number of ether oxygens (including phenoxy) is 1. The van der Waals surface area contributed by atoms with Gasteiger partial charge in [0.2, 0.25) is 0 Å². The molecule has 4 aliphatic rings. The number of carboxylic acid groups (broad SMARTS) is 1. The molecule has 8 atom stereocenters. The van der Waals surface area contributed by atoms with Gasteiger partial charge in [-0.15, -0.1) is 0 Å². The van der Waals surface area contributed by atoms with Crippen molar-refractivity contribution in [3.63, 3.8) is 0 Å². The Morgan fingerprint density at radius 2 is 1.85 bits per heavy atom. The van der Waals surface area contributed by atoms with E-state index in [2.05, 4.69) is 29.4 Å². The molecular formula is C27H33BrO5. The molecule has 178 valence electrons. The molecular weight excluding hydrogens is 484 g/mol. The summed E-state index contributed by atoms with van der Waals surface area (Å²) in [5.41, 5.74) is -0.161. The van der Waals surface area contributed by atoms with Crippen molar-refractivity contribution in [3.8, 4) is 0 Å². The second kappa shape index (κ2) is 7.67. The molecule has 4 saturated carbocycles. The van der Waals surface area contributed by atoms with E-state index in [-0.39, 0.29) is 35.2 Å². The van der Waals surface area contributed by atoms with Crippen molar-refractivity contribution < 1.29 is 24.5 Å². The minimum absolute atomic E-state index is 0.0154. The molecule has 1 aromatic carbocycles. The third-order valence-electron chi connectivity index (χ3n) is 9.97. The average Bonchev–Trinajstić information content (AvgIpc) is 2.94. The normalized spacial score (nSPS) is 44.0. The zero-order valence-corrected chi connectivity index (χ0v) is 20.9. The highest BCUT2D eigenvalue weighted by atomic mass is 79.9. The van der Waals surface area contributed by atoms with Crippen LogP contribution in [-0.2, 0) is 9.53 Å². The van der Waals surface area contributed by atoms with Crippen LogP contribution in [0.5, 0.6) is 0 Å². The minimum Gasteiger partial charge on any atom is -0.481 e. The Hall–Kier alpha value is -1.66. The summed E-state index contributed by atoms with van der Waals surface area (Å²) in [4.78, 5) is 25.6. The molecule has 1 aromatic rings. The van der Waals surface area contributed by atoms with E-state index in [1.54, 1.807) is 12.1 Å². The minimum atomic E-state index is -0.799. The molecule has 0 unspecified atom stereocenters. The summed E-state index contributed by atoms with van der Waals surface area (Å²) in [6.45, 7) is 8.34. The highest BCUT2D eigenvalue weighted by Crippen LogP contribution is 2.72. The number of aliphatic hydroxyl groups excluding tert-OH is 1. The highest BCUT2D eigenvalue weighted by molar-refractivity contribution is 9.10. The molecule has 4 aliphatic carbocycles. The van der Waals surface area contributed by atoms with E-state index in [4.69, 9.17) is 4.74 Å². The van der Waals surface area contributed by atoms with Crippen LogP contribution in [0.1, 0.15) is 69.2 Å². The number of hydrogen-bond acceptors (Lipinski definition) is 4. The molecule has 2 bridgehead atoms. The van der Waals surface area contributed by atoms with Gasteiger partial charge in [-0.05, 0) is 92.5 Å². The van der Waals surface area contributed by atoms with E-state index in [1.165, 1.54) is 0 Å². The Morgan fingerprint density at radius 3 is 2.52 bits per heavy atom. The maximum atomic E-state index is 13.2. The van der Waals surface area contributed by atoms with Crippen LogP contribution in [0.2, 0.25) is 0 Å². The number of rotatable bonds is 3. The number of hydrogen-bond donors (Lipinski definition) is 2. The first-order valence-corrected chi connectivity index (χ1v) is 12.9. The fourth-order valence-electron chi connectivity index (χ4n) is 8.60. The monoisotopic (exact) mass is 516 g/mol. The summed E-state index contributed by atoms with van der Waals surface area (Å²) < 4.78 is 7.14. The Morgan fingerprint density at radius 1 is 1.15 bits per heavy atom. The second-order valence-electron chi connectivity index (χ2n) is 11.4. The van der Waals surface area contributed by atoms with Gasteiger partial charge in [0.15, 0.2) is 0 Å². The van der Waals surface area contributed by atoms with E-state index in [1.807, 2.05) is 19.1 Å². The van der Waals surface area contributed by atoms with Crippen molar-refractivity contribution >= 4 is 27.9 Å². The first kappa shape index (κ1) is 23.1. The van der Waals surface area contributed by atoms with Gasteiger partial charge in [0.05, 0.1) is 17.1 Å². The first-order chi connectivity index (χ1) is 15.5. The lowest BCUT2D eigenvalue weighted by Crippen LogP contribution is -2.63. The number of fused-ring (bicyclic) bond motifs is 3. The number of halogens is 1. The lowest BCUT2D eigenvalue weighted by molar-refractivity contribution is -0.212. The summed E-state index contributed by atoms with van der Waals surface area (Å²) in [5.74, 6) is -1.06. The molecule has 0 radical (unpaired) electrons. The number of carbonyl (C=O) groups is 2. The summed E-state index contributed by atoms with van der Waals surface area (Å²) in [6.07, 6.45) is 4.44. The second-order valence-corrected chi connectivity index (χ2v) is 12.4. The zero-order valence-electron chi connectivity index (χ0n) is 19.4. The number of esters is 1. The van der Waals surface area contributed by atoms with Crippen molar-refractivity contribution in [2.75, 3.05) is 0 Å². The predicted octanol–water partition coefficient (Wildman–Crippen LogP) is 5.61. The molecule has 5 nitrogen and oxygen atoms in total. The first-order valence-electron chi connectivity index (χ1n) is 12.1. The number of aliphatic hydroxyl groups is 1. The van der Waals surface area contributed by atoms with Crippen LogP contribution in [0.3, 0.4) is 0 Å². The van der Waals surface area contributed by atoms with Crippen molar-refractivity contribution in [1.82, 2.24) is 0 Å². The maximum absolute atomic E-state index is 13.2. The molecule has 5 rings (SSSR count). The van der Waals surface area contributed by atoms with Crippen LogP contribution in [0, 0.1) is 34.0 Å². The Bertz CT molecular complexity index is 1000. The lowest BCUT2D eigenvalue weighted by atomic mass is 9.40. The summed E-state index contributed by atoms with van der Waals surface area (Å²) in [7, 11) is 0. The van der Waals surface area contributed by atoms with Gasteiger partial charge in [-0.3, -0.25) is 4.79 Å². The fraction of sp³-hybridized carbons (Fsp3) is 0.630. The van der Waals surface area contributed by atoms with Crippen LogP contribution < -0.4 is 0 Å². The van der Waals surface area contributed by atoms with E-state index >= 15 is 0 Å². The molecule has 0 saturated heterocycles. The van der Waals surface area contributed by atoms with Gasteiger partial charge in [-0.25, -0.2) is 4.79 Å².